The van der Waals surface area contributed by atoms with Gasteiger partial charge >= 0.3 is 5.97 Å². The zero-order valence-corrected chi connectivity index (χ0v) is 15.5. The summed E-state index contributed by atoms with van der Waals surface area (Å²) < 4.78 is 25.7. The molecule has 0 atom stereocenters. The molecule has 8 nitrogen and oxygen atoms in total. The van der Waals surface area contributed by atoms with E-state index >= 15 is 0 Å². The zero-order valence-electron chi connectivity index (χ0n) is 15.5. The molecule has 27 heavy (non-hydrogen) atoms. The third-order valence-corrected chi connectivity index (χ3v) is 3.62. The number of nitrogens with one attached hydrogen (secondary N) is 1. The molecule has 0 saturated carbocycles. The predicted molar refractivity (Wildman–Crippen MR) is 98.0 cm³/mol. The van der Waals surface area contributed by atoms with Gasteiger partial charge in [0.2, 0.25) is 0 Å². The third-order valence-electron chi connectivity index (χ3n) is 3.62. The van der Waals surface area contributed by atoms with Crippen molar-refractivity contribution in [1.82, 2.24) is 0 Å². The van der Waals surface area contributed by atoms with Crippen LogP contribution in [0.25, 0.3) is 0 Å². The Morgan fingerprint density at radius 1 is 0.852 bits per heavy atom. The summed E-state index contributed by atoms with van der Waals surface area (Å²) in [6.07, 6.45) is 0. The molecular formula is C19H21NO7. The van der Waals surface area contributed by atoms with Gasteiger partial charge in [-0.25, -0.2) is 4.79 Å². The first kappa shape index (κ1) is 19.9. The smallest absolute Gasteiger partial charge is 0.342 e. The van der Waals surface area contributed by atoms with Crippen molar-refractivity contribution in [2.75, 3.05) is 40.4 Å². The topological polar surface area (TPSA) is 92.3 Å². The fourth-order valence-electron chi connectivity index (χ4n) is 2.37. The van der Waals surface area contributed by atoms with Gasteiger partial charge < -0.3 is 29.0 Å². The van der Waals surface area contributed by atoms with Crippen LogP contribution in [0.1, 0.15) is 10.4 Å². The van der Waals surface area contributed by atoms with E-state index in [9.17, 15) is 9.59 Å². The van der Waals surface area contributed by atoms with Gasteiger partial charge in [-0.15, -0.1) is 0 Å². The molecular weight excluding hydrogens is 354 g/mol. The highest BCUT2D eigenvalue weighted by Gasteiger charge is 2.19. The van der Waals surface area contributed by atoms with E-state index in [-0.39, 0.29) is 11.3 Å². The summed E-state index contributed by atoms with van der Waals surface area (Å²) in [5.74, 6) is 0.429. The van der Waals surface area contributed by atoms with Gasteiger partial charge in [-0.1, -0.05) is 6.07 Å². The number of para-hydroxylation sites is 1. The molecule has 1 amide bonds. The van der Waals surface area contributed by atoms with E-state index in [1.807, 2.05) is 0 Å². The Balaban J connectivity index is 2.01. The molecule has 0 bridgehead atoms. The van der Waals surface area contributed by atoms with Crippen LogP contribution in [-0.4, -0.2) is 46.9 Å². The van der Waals surface area contributed by atoms with Crippen molar-refractivity contribution in [3.05, 3.63) is 42.0 Å². The van der Waals surface area contributed by atoms with Crippen LogP contribution in [0.4, 0.5) is 5.69 Å². The number of carbonyl (C=O) groups is 2. The second-order valence-electron chi connectivity index (χ2n) is 5.24. The van der Waals surface area contributed by atoms with Gasteiger partial charge in [0.05, 0.1) is 28.4 Å². The Bertz CT molecular complexity index is 820. The zero-order chi connectivity index (χ0) is 19.8. The fourth-order valence-corrected chi connectivity index (χ4v) is 2.37. The molecule has 0 fully saturated rings. The molecule has 0 heterocycles. The van der Waals surface area contributed by atoms with Crippen molar-refractivity contribution in [3.8, 4) is 23.0 Å². The lowest BCUT2D eigenvalue weighted by Crippen LogP contribution is -2.21. The normalized spacial score (nSPS) is 9.93. The second-order valence-corrected chi connectivity index (χ2v) is 5.24. The molecule has 0 aliphatic carbocycles. The first-order valence-corrected chi connectivity index (χ1v) is 7.94. The number of amides is 1. The van der Waals surface area contributed by atoms with Crippen LogP contribution in [0.15, 0.2) is 36.4 Å². The summed E-state index contributed by atoms with van der Waals surface area (Å²) >= 11 is 0. The van der Waals surface area contributed by atoms with Gasteiger partial charge in [0.25, 0.3) is 5.91 Å². The minimum atomic E-state index is -0.701. The van der Waals surface area contributed by atoms with E-state index in [4.69, 9.17) is 23.7 Å². The number of hydrogen-bond donors (Lipinski definition) is 1. The van der Waals surface area contributed by atoms with Crippen molar-refractivity contribution in [2.24, 2.45) is 0 Å². The van der Waals surface area contributed by atoms with E-state index in [1.54, 1.807) is 30.3 Å². The van der Waals surface area contributed by atoms with Crippen molar-refractivity contribution in [1.29, 1.82) is 0 Å². The van der Waals surface area contributed by atoms with Crippen LogP contribution in [0.5, 0.6) is 23.0 Å². The minimum Gasteiger partial charge on any atom is -0.493 e. The molecule has 0 spiro atoms. The van der Waals surface area contributed by atoms with Gasteiger partial charge in [-0.05, 0) is 24.3 Å². The van der Waals surface area contributed by atoms with Crippen LogP contribution in [-0.2, 0) is 9.53 Å². The highest BCUT2D eigenvalue weighted by atomic mass is 16.5. The number of hydrogen-bond acceptors (Lipinski definition) is 7. The second kappa shape index (κ2) is 9.33. The summed E-state index contributed by atoms with van der Waals surface area (Å²) in [6, 6.07) is 9.70. The first-order valence-electron chi connectivity index (χ1n) is 7.94. The van der Waals surface area contributed by atoms with Crippen molar-refractivity contribution in [2.45, 2.75) is 0 Å². The predicted octanol–water partition coefficient (Wildman–Crippen LogP) is 2.52. The Morgan fingerprint density at radius 2 is 1.56 bits per heavy atom. The molecule has 2 rings (SSSR count). The largest absolute Gasteiger partial charge is 0.493 e. The van der Waals surface area contributed by atoms with Crippen LogP contribution < -0.4 is 24.3 Å². The average molecular weight is 375 g/mol. The molecule has 144 valence electrons. The molecule has 1 N–H and O–H groups in total. The van der Waals surface area contributed by atoms with E-state index < -0.39 is 18.5 Å². The van der Waals surface area contributed by atoms with Crippen LogP contribution in [0, 0.1) is 0 Å². The number of esters is 1. The number of ether oxygens (including phenoxy) is 5. The van der Waals surface area contributed by atoms with Gasteiger partial charge in [0.1, 0.15) is 5.56 Å². The molecule has 0 aliphatic heterocycles. The molecule has 0 aromatic heterocycles. The Hall–Kier alpha value is -3.42. The summed E-state index contributed by atoms with van der Waals surface area (Å²) in [7, 11) is 5.89. The molecule has 0 radical (unpaired) electrons. The maximum absolute atomic E-state index is 12.3. The quantitative estimate of drug-likeness (QED) is 0.709. The summed E-state index contributed by atoms with van der Waals surface area (Å²) in [5.41, 5.74) is 0.642. The number of carbonyl (C=O) groups excluding carboxylic acids is 2. The van der Waals surface area contributed by atoms with Crippen LogP contribution >= 0.6 is 0 Å². The highest BCUT2D eigenvalue weighted by molar-refractivity contribution is 5.97. The highest BCUT2D eigenvalue weighted by Crippen LogP contribution is 2.31. The third kappa shape index (κ3) is 4.81. The Morgan fingerprint density at radius 3 is 2.19 bits per heavy atom. The number of rotatable bonds is 8. The fraction of sp³-hybridized carbons (Fsp3) is 0.263. The van der Waals surface area contributed by atoms with E-state index in [0.717, 1.165) is 0 Å². The first-order chi connectivity index (χ1) is 13.0. The molecule has 2 aromatic carbocycles. The van der Waals surface area contributed by atoms with Crippen LogP contribution in [0.2, 0.25) is 0 Å². The standard InChI is InChI=1S/C19H21NO7/c1-23-14-9-8-12(10-16(14)25-3)20-17(21)11-27-19(22)13-6-5-7-15(24-2)18(13)26-4/h5-10H,11H2,1-4H3,(H,20,21). The molecule has 0 saturated heterocycles. The summed E-state index contributed by atoms with van der Waals surface area (Å²) in [5, 5.41) is 2.62. The SMILES string of the molecule is COc1ccc(NC(=O)COC(=O)c2cccc(OC)c2OC)cc1OC. The van der Waals surface area contributed by atoms with Crippen LogP contribution in [0.3, 0.4) is 0 Å². The van der Waals surface area contributed by atoms with Gasteiger partial charge in [-0.2, -0.15) is 0 Å². The molecule has 0 aliphatic rings. The lowest BCUT2D eigenvalue weighted by Gasteiger charge is -2.12. The van der Waals surface area contributed by atoms with Gasteiger partial charge in [0.15, 0.2) is 29.6 Å². The minimum absolute atomic E-state index is 0.163. The van der Waals surface area contributed by atoms with Crippen molar-refractivity contribution in [3.63, 3.8) is 0 Å². The Kier molecular flexibility index (Phi) is 6.87. The monoisotopic (exact) mass is 375 g/mol. The lowest BCUT2D eigenvalue weighted by atomic mass is 10.2. The van der Waals surface area contributed by atoms with E-state index in [0.29, 0.717) is 22.9 Å². The number of methoxy groups -OCH3 is 4. The van der Waals surface area contributed by atoms with Gasteiger partial charge in [0, 0.05) is 11.8 Å². The number of benzene rings is 2. The van der Waals surface area contributed by atoms with E-state index in [2.05, 4.69) is 5.32 Å². The lowest BCUT2D eigenvalue weighted by molar-refractivity contribution is -0.119. The van der Waals surface area contributed by atoms with E-state index in [1.165, 1.54) is 34.5 Å². The van der Waals surface area contributed by atoms with Crippen molar-refractivity contribution >= 4 is 17.6 Å². The molecule has 2 aromatic rings. The Labute approximate surface area is 156 Å². The average Bonchev–Trinajstić information content (AvgIpc) is 2.70. The summed E-state index contributed by atoms with van der Waals surface area (Å²) in [6.45, 7) is -0.465. The maximum atomic E-state index is 12.3. The van der Waals surface area contributed by atoms with Gasteiger partial charge in [-0.3, -0.25) is 4.79 Å². The molecule has 0 unspecified atom stereocenters. The van der Waals surface area contributed by atoms with Crippen molar-refractivity contribution < 1.29 is 33.3 Å². The summed E-state index contributed by atoms with van der Waals surface area (Å²) in [4.78, 5) is 24.3. The maximum Gasteiger partial charge on any atom is 0.342 e. The number of anilines is 1. The molecule has 8 heteroatoms.